The molecule has 3 heteroatoms. The van der Waals surface area contributed by atoms with Crippen LogP contribution < -0.4 is 4.90 Å². The van der Waals surface area contributed by atoms with Crippen molar-refractivity contribution < 1.29 is 8.83 Å². The van der Waals surface area contributed by atoms with Crippen LogP contribution in [0.1, 0.15) is 0 Å². The van der Waals surface area contributed by atoms with Crippen LogP contribution in [0.2, 0.25) is 0 Å². The number of anilines is 3. The first-order chi connectivity index (χ1) is 24.3. The molecule has 0 N–H and O–H groups in total. The van der Waals surface area contributed by atoms with E-state index in [4.69, 9.17) is 8.83 Å². The zero-order valence-electron chi connectivity index (χ0n) is 26.5. The highest BCUT2D eigenvalue weighted by molar-refractivity contribution is 6.11. The van der Waals surface area contributed by atoms with Gasteiger partial charge in [-0.1, -0.05) is 109 Å². The van der Waals surface area contributed by atoms with E-state index in [1.54, 1.807) is 0 Å². The molecule has 0 aliphatic heterocycles. The Hall–Kier alpha value is -6.58. The van der Waals surface area contributed by atoms with Gasteiger partial charge >= 0.3 is 0 Å². The molecule has 0 radical (unpaired) electrons. The zero-order chi connectivity index (χ0) is 32.3. The van der Waals surface area contributed by atoms with Crippen LogP contribution in [-0.2, 0) is 0 Å². The summed E-state index contributed by atoms with van der Waals surface area (Å²) < 4.78 is 12.6. The number of fused-ring (bicyclic) bond motifs is 7. The summed E-state index contributed by atoms with van der Waals surface area (Å²) >= 11 is 0. The highest BCUT2D eigenvalue weighted by Crippen LogP contribution is 2.42. The molecular formula is C46H29NO2. The van der Waals surface area contributed by atoms with Crippen molar-refractivity contribution in [2.75, 3.05) is 4.90 Å². The minimum Gasteiger partial charge on any atom is -0.456 e. The molecule has 49 heavy (non-hydrogen) atoms. The molecule has 2 aromatic heterocycles. The number of hydrogen-bond acceptors (Lipinski definition) is 3. The van der Waals surface area contributed by atoms with Gasteiger partial charge in [-0.25, -0.2) is 0 Å². The summed E-state index contributed by atoms with van der Waals surface area (Å²) in [6.07, 6.45) is 0. The second kappa shape index (κ2) is 11.0. The van der Waals surface area contributed by atoms with Gasteiger partial charge in [0.25, 0.3) is 0 Å². The third-order valence-corrected chi connectivity index (χ3v) is 9.65. The van der Waals surface area contributed by atoms with E-state index in [0.29, 0.717) is 0 Å². The molecule has 10 rings (SSSR count). The van der Waals surface area contributed by atoms with Crippen molar-refractivity contribution in [3.8, 4) is 22.3 Å². The molecule has 0 unspecified atom stereocenters. The van der Waals surface area contributed by atoms with E-state index in [0.717, 1.165) is 71.7 Å². The second-order valence-electron chi connectivity index (χ2n) is 12.6. The Bertz CT molecular complexity index is 2830. The predicted molar refractivity (Wildman–Crippen MR) is 204 cm³/mol. The summed E-state index contributed by atoms with van der Waals surface area (Å²) in [5.41, 5.74) is 11.5. The van der Waals surface area contributed by atoms with Gasteiger partial charge in [-0.3, -0.25) is 0 Å². The lowest BCUT2D eigenvalue weighted by Gasteiger charge is -2.26. The SMILES string of the molecule is c1ccc(-c2ccccc2-c2ccc(N(c3ccc4cc5oc6ccccc6c5cc4c3)c3ccc4c(c3)oc3ccccc34)cc2)cc1. The average molecular weight is 628 g/mol. The molecule has 0 saturated carbocycles. The molecule has 0 bridgehead atoms. The third kappa shape index (κ3) is 4.59. The zero-order valence-corrected chi connectivity index (χ0v) is 26.5. The first kappa shape index (κ1) is 27.5. The lowest BCUT2D eigenvalue weighted by molar-refractivity contribution is 0.668. The monoisotopic (exact) mass is 627 g/mol. The molecule has 0 aliphatic rings. The Morgan fingerprint density at radius 3 is 1.57 bits per heavy atom. The van der Waals surface area contributed by atoms with Crippen molar-refractivity contribution in [3.05, 3.63) is 176 Å². The number of benzene rings is 8. The van der Waals surface area contributed by atoms with E-state index in [1.807, 2.05) is 24.3 Å². The summed E-state index contributed by atoms with van der Waals surface area (Å²) in [5.74, 6) is 0. The van der Waals surface area contributed by atoms with E-state index in [-0.39, 0.29) is 0 Å². The highest BCUT2D eigenvalue weighted by atomic mass is 16.3. The summed E-state index contributed by atoms with van der Waals surface area (Å²) in [6, 6.07) is 62.2. The van der Waals surface area contributed by atoms with Crippen LogP contribution in [0.15, 0.2) is 185 Å². The fourth-order valence-electron chi connectivity index (χ4n) is 7.29. The van der Waals surface area contributed by atoms with E-state index >= 15 is 0 Å². The normalized spacial score (nSPS) is 11.7. The van der Waals surface area contributed by atoms with Crippen molar-refractivity contribution in [1.82, 2.24) is 0 Å². The Kier molecular flexibility index (Phi) is 6.18. The van der Waals surface area contributed by atoms with Crippen molar-refractivity contribution in [2.24, 2.45) is 0 Å². The Morgan fingerprint density at radius 1 is 0.306 bits per heavy atom. The van der Waals surface area contributed by atoms with Crippen molar-refractivity contribution in [2.45, 2.75) is 0 Å². The molecule has 230 valence electrons. The molecule has 0 atom stereocenters. The molecule has 8 aromatic carbocycles. The average Bonchev–Trinajstić information content (AvgIpc) is 3.72. The topological polar surface area (TPSA) is 29.5 Å². The number of furan rings is 2. The van der Waals surface area contributed by atoms with Crippen molar-refractivity contribution in [3.63, 3.8) is 0 Å². The minimum atomic E-state index is 0.865. The van der Waals surface area contributed by atoms with Gasteiger partial charge in [-0.15, -0.1) is 0 Å². The molecule has 0 saturated heterocycles. The van der Waals surface area contributed by atoms with Gasteiger partial charge in [0.2, 0.25) is 0 Å². The van der Waals surface area contributed by atoms with Gasteiger partial charge < -0.3 is 13.7 Å². The predicted octanol–water partition coefficient (Wildman–Crippen LogP) is 13.4. The van der Waals surface area contributed by atoms with E-state index < -0.39 is 0 Å². The minimum absolute atomic E-state index is 0.865. The molecule has 2 heterocycles. The largest absolute Gasteiger partial charge is 0.456 e. The van der Waals surface area contributed by atoms with Gasteiger partial charge in [0.15, 0.2) is 0 Å². The van der Waals surface area contributed by atoms with Crippen molar-refractivity contribution >= 4 is 71.7 Å². The standard InChI is InChI=1S/C46H29NO2/c1-2-10-30(11-3-1)37-12-4-5-13-38(37)31-18-21-34(22-19-31)47(36-24-25-41-39-14-6-8-16-43(39)49-46(41)29-36)35-23-20-32-28-45-42(27-33(32)26-35)40-15-7-9-17-44(40)48-45/h1-29H. The summed E-state index contributed by atoms with van der Waals surface area (Å²) in [7, 11) is 0. The maximum absolute atomic E-state index is 6.36. The lowest BCUT2D eigenvalue weighted by atomic mass is 9.94. The summed E-state index contributed by atoms with van der Waals surface area (Å²) in [6.45, 7) is 0. The Morgan fingerprint density at radius 2 is 0.837 bits per heavy atom. The van der Waals surface area contributed by atoms with Gasteiger partial charge in [0.1, 0.15) is 22.3 Å². The van der Waals surface area contributed by atoms with E-state index in [9.17, 15) is 0 Å². The maximum atomic E-state index is 6.36. The quantitative estimate of drug-likeness (QED) is 0.190. The van der Waals surface area contributed by atoms with Crippen LogP contribution in [-0.4, -0.2) is 0 Å². The van der Waals surface area contributed by atoms with Crippen LogP contribution in [0.5, 0.6) is 0 Å². The fourth-order valence-corrected chi connectivity index (χ4v) is 7.29. The van der Waals surface area contributed by atoms with E-state index in [1.165, 1.54) is 22.3 Å². The van der Waals surface area contributed by atoms with Gasteiger partial charge in [-0.2, -0.15) is 0 Å². The van der Waals surface area contributed by atoms with Crippen LogP contribution >= 0.6 is 0 Å². The molecule has 0 aliphatic carbocycles. The highest BCUT2D eigenvalue weighted by Gasteiger charge is 2.18. The number of hydrogen-bond donors (Lipinski definition) is 0. The lowest BCUT2D eigenvalue weighted by Crippen LogP contribution is -2.09. The third-order valence-electron chi connectivity index (χ3n) is 9.65. The number of para-hydroxylation sites is 2. The molecular weight excluding hydrogens is 599 g/mol. The van der Waals surface area contributed by atoms with Crippen LogP contribution in [0, 0.1) is 0 Å². The first-order valence-corrected chi connectivity index (χ1v) is 16.6. The van der Waals surface area contributed by atoms with E-state index in [2.05, 4.69) is 157 Å². The molecule has 0 amide bonds. The molecule has 3 nitrogen and oxygen atoms in total. The first-order valence-electron chi connectivity index (χ1n) is 16.6. The van der Waals surface area contributed by atoms with Gasteiger partial charge in [-0.05, 0) is 93.7 Å². The molecule has 10 aromatic rings. The van der Waals surface area contributed by atoms with Crippen molar-refractivity contribution in [1.29, 1.82) is 0 Å². The Balaban J connectivity index is 1.13. The summed E-state index contributed by atoms with van der Waals surface area (Å²) in [5, 5.41) is 6.77. The fraction of sp³-hybridized carbons (Fsp3) is 0. The van der Waals surface area contributed by atoms with Crippen LogP contribution in [0.25, 0.3) is 76.9 Å². The number of nitrogens with zero attached hydrogens (tertiary/aromatic N) is 1. The smallest absolute Gasteiger partial charge is 0.137 e. The van der Waals surface area contributed by atoms with Crippen LogP contribution in [0.4, 0.5) is 17.1 Å². The number of rotatable bonds is 5. The molecule has 0 fully saturated rings. The van der Waals surface area contributed by atoms with Gasteiger partial charge in [0, 0.05) is 44.7 Å². The molecule has 0 spiro atoms. The summed E-state index contributed by atoms with van der Waals surface area (Å²) in [4.78, 5) is 2.32. The Labute approximate surface area is 282 Å². The second-order valence-corrected chi connectivity index (χ2v) is 12.6. The maximum Gasteiger partial charge on any atom is 0.137 e. The van der Waals surface area contributed by atoms with Gasteiger partial charge in [0.05, 0.1) is 0 Å². The van der Waals surface area contributed by atoms with Crippen LogP contribution in [0.3, 0.4) is 0 Å².